The maximum absolute atomic E-state index is 11.8. The standard InChI is InChI=1S/C14H18N2O3S/c15-20(18,19)10-12-5-7-13(8-6-12)16-14(17)9-11-3-1-2-4-11/h1,3,5-8,11H,2,4,9-10H2,(H,16,17)(H2,15,18,19). The minimum atomic E-state index is -3.52. The highest BCUT2D eigenvalue weighted by molar-refractivity contribution is 7.88. The summed E-state index contributed by atoms with van der Waals surface area (Å²) in [6, 6.07) is 6.66. The van der Waals surface area contributed by atoms with Gasteiger partial charge in [0.2, 0.25) is 15.9 Å². The second-order valence-corrected chi connectivity index (χ2v) is 6.64. The largest absolute Gasteiger partial charge is 0.326 e. The fraction of sp³-hybridized carbons (Fsp3) is 0.357. The molecule has 0 saturated carbocycles. The van der Waals surface area contributed by atoms with Crippen molar-refractivity contribution < 1.29 is 13.2 Å². The monoisotopic (exact) mass is 294 g/mol. The van der Waals surface area contributed by atoms with E-state index in [0.717, 1.165) is 12.8 Å². The molecule has 0 saturated heterocycles. The van der Waals surface area contributed by atoms with E-state index >= 15 is 0 Å². The lowest BCUT2D eigenvalue weighted by atomic mass is 10.1. The van der Waals surface area contributed by atoms with Crippen molar-refractivity contribution in [3.63, 3.8) is 0 Å². The van der Waals surface area contributed by atoms with Gasteiger partial charge in [-0.15, -0.1) is 0 Å². The van der Waals surface area contributed by atoms with Gasteiger partial charge in [0.25, 0.3) is 0 Å². The summed E-state index contributed by atoms with van der Waals surface area (Å²) in [5.74, 6) is 0.103. The van der Waals surface area contributed by atoms with E-state index in [1.54, 1.807) is 24.3 Å². The summed E-state index contributed by atoms with van der Waals surface area (Å²) in [6.45, 7) is 0. The first-order valence-electron chi connectivity index (χ1n) is 6.48. The van der Waals surface area contributed by atoms with Crippen LogP contribution in [0, 0.1) is 5.92 Å². The molecular weight excluding hydrogens is 276 g/mol. The quantitative estimate of drug-likeness (QED) is 0.811. The smallest absolute Gasteiger partial charge is 0.224 e. The Morgan fingerprint density at radius 2 is 2.00 bits per heavy atom. The van der Waals surface area contributed by atoms with Crippen molar-refractivity contribution in [2.24, 2.45) is 11.1 Å². The lowest BCUT2D eigenvalue weighted by Crippen LogP contribution is -2.15. The molecule has 0 radical (unpaired) electrons. The summed E-state index contributed by atoms with van der Waals surface area (Å²) in [4.78, 5) is 11.8. The molecule has 108 valence electrons. The third-order valence-corrected chi connectivity index (χ3v) is 3.90. The van der Waals surface area contributed by atoms with Gasteiger partial charge in [0.1, 0.15) is 0 Å². The zero-order valence-corrected chi connectivity index (χ0v) is 11.9. The number of hydrogen-bond acceptors (Lipinski definition) is 3. The van der Waals surface area contributed by atoms with Gasteiger partial charge in [-0.2, -0.15) is 0 Å². The van der Waals surface area contributed by atoms with Crippen LogP contribution in [0.25, 0.3) is 0 Å². The van der Waals surface area contributed by atoms with E-state index < -0.39 is 10.0 Å². The fourth-order valence-corrected chi connectivity index (χ4v) is 2.89. The number of sulfonamides is 1. The molecule has 1 amide bonds. The van der Waals surface area contributed by atoms with Crippen LogP contribution in [0.2, 0.25) is 0 Å². The molecule has 1 unspecified atom stereocenters. The van der Waals surface area contributed by atoms with Gasteiger partial charge in [0.05, 0.1) is 5.75 Å². The third-order valence-electron chi connectivity index (χ3n) is 3.17. The van der Waals surface area contributed by atoms with Crippen molar-refractivity contribution in [3.8, 4) is 0 Å². The second-order valence-electron chi connectivity index (χ2n) is 5.02. The van der Waals surface area contributed by atoms with Crippen LogP contribution in [0.1, 0.15) is 24.8 Å². The van der Waals surface area contributed by atoms with E-state index in [2.05, 4.69) is 17.5 Å². The van der Waals surface area contributed by atoms with Crippen LogP contribution in [0.15, 0.2) is 36.4 Å². The molecule has 0 aliphatic heterocycles. The van der Waals surface area contributed by atoms with Crippen LogP contribution in [0.3, 0.4) is 0 Å². The summed E-state index contributed by atoms with van der Waals surface area (Å²) in [5.41, 5.74) is 1.26. The van der Waals surface area contributed by atoms with Gasteiger partial charge < -0.3 is 5.32 Å². The maximum atomic E-state index is 11.8. The van der Waals surface area contributed by atoms with Crippen molar-refractivity contribution in [3.05, 3.63) is 42.0 Å². The van der Waals surface area contributed by atoms with Gasteiger partial charge in [-0.25, -0.2) is 13.6 Å². The normalized spacial score (nSPS) is 18.1. The number of carbonyl (C=O) groups is 1. The molecule has 1 aromatic carbocycles. The molecule has 0 heterocycles. The zero-order valence-electron chi connectivity index (χ0n) is 11.1. The topological polar surface area (TPSA) is 89.3 Å². The molecule has 0 spiro atoms. The van der Waals surface area contributed by atoms with Crippen LogP contribution in [-0.2, 0) is 20.6 Å². The summed E-state index contributed by atoms with van der Waals surface area (Å²) < 4.78 is 21.9. The molecular formula is C14H18N2O3S. The molecule has 1 aliphatic rings. The van der Waals surface area contributed by atoms with Gasteiger partial charge >= 0.3 is 0 Å². The predicted molar refractivity (Wildman–Crippen MR) is 78.4 cm³/mol. The average molecular weight is 294 g/mol. The third kappa shape index (κ3) is 4.79. The van der Waals surface area contributed by atoms with Crippen LogP contribution in [0.4, 0.5) is 5.69 Å². The molecule has 5 nitrogen and oxygen atoms in total. The molecule has 3 N–H and O–H groups in total. The molecule has 0 bridgehead atoms. The van der Waals surface area contributed by atoms with Gasteiger partial charge in [-0.1, -0.05) is 24.3 Å². The van der Waals surface area contributed by atoms with Crippen LogP contribution >= 0.6 is 0 Å². The molecule has 1 aliphatic carbocycles. The van der Waals surface area contributed by atoms with Crippen LogP contribution in [-0.4, -0.2) is 14.3 Å². The summed E-state index contributed by atoms with van der Waals surface area (Å²) in [6.07, 6.45) is 6.73. The number of carbonyl (C=O) groups excluding carboxylic acids is 1. The predicted octanol–water partition coefficient (Wildman–Crippen LogP) is 1.77. The zero-order chi connectivity index (χ0) is 14.6. The number of hydrogen-bond donors (Lipinski definition) is 2. The van der Waals surface area contributed by atoms with Gasteiger partial charge in [-0.05, 0) is 36.5 Å². The fourth-order valence-electron chi connectivity index (χ4n) is 2.23. The first-order valence-corrected chi connectivity index (χ1v) is 8.20. The Hall–Kier alpha value is -1.66. The van der Waals surface area contributed by atoms with Crippen LogP contribution in [0.5, 0.6) is 0 Å². The molecule has 1 aromatic rings. The minimum Gasteiger partial charge on any atom is -0.326 e. The number of benzene rings is 1. The number of allylic oxidation sites excluding steroid dienone is 2. The van der Waals surface area contributed by atoms with Crippen molar-refractivity contribution >= 4 is 21.6 Å². The van der Waals surface area contributed by atoms with Crippen molar-refractivity contribution in [2.45, 2.75) is 25.0 Å². The summed E-state index contributed by atoms with van der Waals surface area (Å²) >= 11 is 0. The number of nitrogens with one attached hydrogen (secondary N) is 1. The van der Waals surface area contributed by atoms with E-state index in [-0.39, 0.29) is 11.7 Å². The lowest BCUT2D eigenvalue weighted by molar-refractivity contribution is -0.116. The summed E-state index contributed by atoms with van der Waals surface area (Å²) in [7, 11) is -3.52. The Kier molecular flexibility index (Phi) is 4.57. The highest BCUT2D eigenvalue weighted by atomic mass is 32.2. The molecule has 0 fully saturated rings. The number of primary sulfonamides is 1. The van der Waals surface area contributed by atoms with E-state index in [4.69, 9.17) is 5.14 Å². The Bertz CT molecular complexity index is 606. The molecule has 20 heavy (non-hydrogen) atoms. The Labute approximate surface area is 118 Å². The number of amides is 1. The summed E-state index contributed by atoms with van der Waals surface area (Å²) in [5, 5.41) is 7.78. The first kappa shape index (κ1) is 14.7. The van der Waals surface area contributed by atoms with Crippen molar-refractivity contribution in [1.29, 1.82) is 0 Å². The Morgan fingerprint density at radius 1 is 1.30 bits per heavy atom. The Morgan fingerprint density at radius 3 is 2.55 bits per heavy atom. The van der Waals surface area contributed by atoms with Gasteiger partial charge in [0, 0.05) is 12.1 Å². The van der Waals surface area contributed by atoms with Crippen molar-refractivity contribution in [2.75, 3.05) is 5.32 Å². The number of nitrogens with two attached hydrogens (primary N) is 1. The Balaban J connectivity index is 1.89. The highest BCUT2D eigenvalue weighted by Crippen LogP contribution is 2.21. The van der Waals surface area contributed by atoms with Gasteiger partial charge in [-0.3, -0.25) is 4.79 Å². The molecule has 2 rings (SSSR count). The molecule has 0 aromatic heterocycles. The lowest BCUT2D eigenvalue weighted by Gasteiger charge is -2.09. The number of rotatable bonds is 5. The van der Waals surface area contributed by atoms with Crippen molar-refractivity contribution in [1.82, 2.24) is 0 Å². The first-order chi connectivity index (χ1) is 9.42. The van der Waals surface area contributed by atoms with E-state index in [0.29, 0.717) is 23.6 Å². The SMILES string of the molecule is NS(=O)(=O)Cc1ccc(NC(=O)CC2C=CCC2)cc1. The highest BCUT2D eigenvalue weighted by Gasteiger charge is 2.14. The number of anilines is 1. The molecule has 1 atom stereocenters. The minimum absolute atomic E-state index is 0.0271. The van der Waals surface area contributed by atoms with E-state index in [1.807, 2.05) is 0 Å². The average Bonchev–Trinajstić information content (AvgIpc) is 2.82. The maximum Gasteiger partial charge on any atom is 0.224 e. The molecule has 6 heteroatoms. The van der Waals surface area contributed by atoms with Gasteiger partial charge in [0.15, 0.2) is 0 Å². The second kappa shape index (κ2) is 6.19. The van der Waals surface area contributed by atoms with E-state index in [9.17, 15) is 13.2 Å². The van der Waals surface area contributed by atoms with E-state index in [1.165, 1.54) is 0 Å². The van der Waals surface area contributed by atoms with Crippen LogP contribution < -0.4 is 10.5 Å².